The Kier molecular flexibility index (Phi) is 2.22. The van der Waals surface area contributed by atoms with Gasteiger partial charge in [0.15, 0.2) is 5.82 Å². The average Bonchev–Trinajstić information content (AvgIpc) is 2.18. The van der Waals surface area contributed by atoms with Crippen LogP contribution in [0.4, 0.5) is 11.5 Å². The summed E-state index contributed by atoms with van der Waals surface area (Å²) in [5.74, 6) is -0.107. The first-order valence-electron chi connectivity index (χ1n) is 4.43. The quantitative estimate of drug-likeness (QED) is 0.711. The van der Waals surface area contributed by atoms with Crippen molar-refractivity contribution in [1.82, 2.24) is 4.98 Å². The molecule has 0 bridgehead atoms. The van der Waals surface area contributed by atoms with Gasteiger partial charge in [-0.15, -0.1) is 0 Å². The number of carbonyl (C=O) groups is 1. The van der Waals surface area contributed by atoms with E-state index in [0.29, 0.717) is 6.54 Å². The van der Waals surface area contributed by atoms with Crippen LogP contribution in [0, 0.1) is 0 Å². The van der Waals surface area contributed by atoms with Crippen LogP contribution in [-0.4, -0.2) is 35.7 Å². The SMILES string of the molecule is O=C(O)CN1CCNc2cccnc21. The van der Waals surface area contributed by atoms with Crippen molar-refractivity contribution < 1.29 is 9.90 Å². The standard InChI is InChI=1S/C9H11N3O2/c13-8(14)6-12-5-4-10-7-2-1-3-11-9(7)12/h1-3,10H,4-6H2,(H,13,14). The fraction of sp³-hybridized carbons (Fsp3) is 0.333. The van der Waals surface area contributed by atoms with E-state index in [-0.39, 0.29) is 6.54 Å². The van der Waals surface area contributed by atoms with Crippen molar-refractivity contribution in [3.63, 3.8) is 0 Å². The fourth-order valence-corrected chi connectivity index (χ4v) is 1.54. The van der Waals surface area contributed by atoms with Crippen LogP contribution >= 0.6 is 0 Å². The summed E-state index contributed by atoms with van der Waals surface area (Å²) in [6.45, 7) is 1.44. The fourth-order valence-electron chi connectivity index (χ4n) is 1.54. The number of pyridine rings is 1. The molecule has 0 atom stereocenters. The molecule has 5 heteroatoms. The molecular weight excluding hydrogens is 182 g/mol. The van der Waals surface area contributed by atoms with Gasteiger partial charge in [-0.25, -0.2) is 4.98 Å². The Hall–Kier alpha value is -1.78. The van der Waals surface area contributed by atoms with Crippen LogP contribution in [0.1, 0.15) is 0 Å². The Labute approximate surface area is 81.4 Å². The molecule has 2 heterocycles. The highest BCUT2D eigenvalue weighted by atomic mass is 16.4. The van der Waals surface area contributed by atoms with E-state index in [1.165, 1.54) is 0 Å². The molecule has 0 spiro atoms. The van der Waals surface area contributed by atoms with Gasteiger partial charge in [-0.2, -0.15) is 0 Å². The molecule has 1 aromatic rings. The lowest BCUT2D eigenvalue weighted by molar-refractivity contribution is -0.135. The number of rotatable bonds is 2. The van der Waals surface area contributed by atoms with Crippen LogP contribution < -0.4 is 10.2 Å². The lowest BCUT2D eigenvalue weighted by Gasteiger charge is -2.29. The van der Waals surface area contributed by atoms with E-state index >= 15 is 0 Å². The molecule has 0 radical (unpaired) electrons. The number of hydrogen-bond donors (Lipinski definition) is 2. The number of nitrogens with one attached hydrogen (secondary N) is 1. The van der Waals surface area contributed by atoms with Gasteiger partial charge in [0, 0.05) is 19.3 Å². The molecule has 74 valence electrons. The van der Waals surface area contributed by atoms with Gasteiger partial charge in [0.25, 0.3) is 0 Å². The van der Waals surface area contributed by atoms with E-state index in [9.17, 15) is 4.79 Å². The molecule has 0 saturated heterocycles. The van der Waals surface area contributed by atoms with Gasteiger partial charge in [0.1, 0.15) is 6.54 Å². The van der Waals surface area contributed by atoms with E-state index < -0.39 is 5.97 Å². The summed E-state index contributed by atoms with van der Waals surface area (Å²) < 4.78 is 0. The van der Waals surface area contributed by atoms with E-state index in [1.54, 1.807) is 11.1 Å². The Morgan fingerprint density at radius 2 is 2.57 bits per heavy atom. The van der Waals surface area contributed by atoms with Crippen LogP contribution in [-0.2, 0) is 4.79 Å². The number of carboxylic acids is 1. The Morgan fingerprint density at radius 3 is 3.36 bits per heavy atom. The van der Waals surface area contributed by atoms with Crippen molar-refractivity contribution in [2.24, 2.45) is 0 Å². The summed E-state index contributed by atoms with van der Waals surface area (Å²) in [6.07, 6.45) is 1.67. The molecule has 2 N–H and O–H groups in total. The molecule has 0 unspecified atom stereocenters. The normalized spacial score (nSPS) is 14.4. The third kappa shape index (κ3) is 1.61. The minimum atomic E-state index is -0.830. The molecule has 1 aliphatic rings. The molecular formula is C9H11N3O2. The van der Waals surface area contributed by atoms with Crippen LogP contribution in [0.5, 0.6) is 0 Å². The summed E-state index contributed by atoms with van der Waals surface area (Å²) in [6, 6.07) is 3.73. The number of carboxylic acid groups (broad SMARTS) is 1. The third-order valence-corrected chi connectivity index (χ3v) is 2.11. The third-order valence-electron chi connectivity index (χ3n) is 2.11. The van der Waals surface area contributed by atoms with Crippen LogP contribution in [0.25, 0.3) is 0 Å². The monoisotopic (exact) mass is 193 g/mol. The highest BCUT2D eigenvalue weighted by Crippen LogP contribution is 2.24. The zero-order chi connectivity index (χ0) is 9.97. The van der Waals surface area contributed by atoms with E-state index in [0.717, 1.165) is 18.1 Å². The van der Waals surface area contributed by atoms with Crippen LogP contribution in [0.15, 0.2) is 18.3 Å². The van der Waals surface area contributed by atoms with Crippen molar-refractivity contribution in [2.75, 3.05) is 29.9 Å². The molecule has 1 aliphatic heterocycles. The Morgan fingerprint density at radius 1 is 1.71 bits per heavy atom. The van der Waals surface area contributed by atoms with Gasteiger partial charge in [-0.1, -0.05) is 0 Å². The predicted molar refractivity (Wildman–Crippen MR) is 52.6 cm³/mol. The molecule has 0 aliphatic carbocycles. The first-order chi connectivity index (χ1) is 6.77. The van der Waals surface area contributed by atoms with E-state index in [2.05, 4.69) is 10.3 Å². The number of hydrogen-bond acceptors (Lipinski definition) is 4. The van der Waals surface area contributed by atoms with Gasteiger partial charge in [-0.3, -0.25) is 4.79 Å². The van der Waals surface area contributed by atoms with Gasteiger partial charge in [0.2, 0.25) is 0 Å². The maximum Gasteiger partial charge on any atom is 0.323 e. The number of aliphatic carboxylic acids is 1. The van der Waals surface area contributed by atoms with Crippen molar-refractivity contribution >= 4 is 17.5 Å². The van der Waals surface area contributed by atoms with Crippen LogP contribution in [0.3, 0.4) is 0 Å². The molecule has 2 rings (SSSR count). The average molecular weight is 193 g/mol. The number of fused-ring (bicyclic) bond motifs is 1. The zero-order valence-corrected chi connectivity index (χ0v) is 7.60. The largest absolute Gasteiger partial charge is 0.480 e. The van der Waals surface area contributed by atoms with Gasteiger partial charge in [0.05, 0.1) is 5.69 Å². The minimum absolute atomic E-state index is 0.00565. The second-order valence-electron chi connectivity index (χ2n) is 3.12. The molecule has 1 aromatic heterocycles. The summed E-state index contributed by atoms with van der Waals surface area (Å²) in [7, 11) is 0. The number of nitrogens with zero attached hydrogens (tertiary/aromatic N) is 2. The first kappa shape index (κ1) is 8.80. The number of anilines is 2. The molecule has 0 aromatic carbocycles. The summed E-state index contributed by atoms with van der Waals surface area (Å²) in [5.41, 5.74) is 0.903. The summed E-state index contributed by atoms with van der Waals surface area (Å²) in [5, 5.41) is 11.9. The van der Waals surface area contributed by atoms with Gasteiger partial charge >= 0.3 is 5.97 Å². The molecule has 14 heavy (non-hydrogen) atoms. The lowest BCUT2D eigenvalue weighted by atomic mass is 10.3. The number of aromatic nitrogens is 1. The lowest BCUT2D eigenvalue weighted by Crippen LogP contribution is -2.38. The van der Waals surface area contributed by atoms with Gasteiger partial charge in [-0.05, 0) is 12.1 Å². The molecule has 5 nitrogen and oxygen atoms in total. The van der Waals surface area contributed by atoms with Crippen molar-refractivity contribution in [3.8, 4) is 0 Å². The van der Waals surface area contributed by atoms with E-state index in [4.69, 9.17) is 5.11 Å². The zero-order valence-electron chi connectivity index (χ0n) is 7.60. The van der Waals surface area contributed by atoms with Crippen molar-refractivity contribution in [3.05, 3.63) is 18.3 Å². The summed E-state index contributed by atoms with van der Waals surface area (Å²) >= 11 is 0. The van der Waals surface area contributed by atoms with Crippen LogP contribution in [0.2, 0.25) is 0 Å². The smallest absolute Gasteiger partial charge is 0.323 e. The molecule has 0 saturated carbocycles. The van der Waals surface area contributed by atoms with Crippen molar-refractivity contribution in [1.29, 1.82) is 0 Å². The minimum Gasteiger partial charge on any atom is -0.480 e. The topological polar surface area (TPSA) is 65.5 Å². The van der Waals surface area contributed by atoms with Gasteiger partial charge < -0.3 is 15.3 Å². The Bertz CT molecular complexity index is 354. The first-order valence-corrected chi connectivity index (χ1v) is 4.43. The Balaban J connectivity index is 2.26. The summed E-state index contributed by atoms with van der Waals surface area (Å²) in [4.78, 5) is 16.5. The molecule has 0 amide bonds. The highest BCUT2D eigenvalue weighted by molar-refractivity contribution is 5.77. The van der Waals surface area contributed by atoms with Crippen molar-refractivity contribution in [2.45, 2.75) is 0 Å². The second-order valence-corrected chi connectivity index (χ2v) is 3.12. The maximum atomic E-state index is 10.6. The molecule has 0 fully saturated rings. The highest BCUT2D eigenvalue weighted by Gasteiger charge is 2.18. The van der Waals surface area contributed by atoms with E-state index in [1.807, 2.05) is 12.1 Å². The second kappa shape index (κ2) is 3.53. The predicted octanol–water partition coefficient (Wildman–Crippen LogP) is 0.398. The maximum absolute atomic E-state index is 10.6.